The Bertz CT molecular complexity index is 506. The van der Waals surface area contributed by atoms with Crippen molar-refractivity contribution in [2.75, 3.05) is 6.61 Å². The largest absolute Gasteiger partial charge is 0.494 e. The summed E-state index contributed by atoms with van der Waals surface area (Å²) in [5.41, 5.74) is 0.792. The number of rotatable bonds is 7. The molecule has 0 fully saturated rings. The molecule has 0 atom stereocenters. The van der Waals surface area contributed by atoms with Crippen molar-refractivity contribution in [2.45, 2.75) is 50.8 Å². The highest BCUT2D eigenvalue weighted by molar-refractivity contribution is 8.04. The van der Waals surface area contributed by atoms with Crippen LogP contribution >= 0.6 is 11.8 Å². The quantitative estimate of drug-likeness (QED) is 0.508. The Balaban J connectivity index is 2.00. The molecule has 0 radical (unpaired) electrons. The van der Waals surface area contributed by atoms with Crippen LogP contribution < -0.4 is 4.74 Å². The number of ether oxygens (including phenoxy) is 1. The van der Waals surface area contributed by atoms with Gasteiger partial charge < -0.3 is 4.74 Å². The number of hydrogen-bond donors (Lipinski definition) is 0. The molecule has 3 heteroatoms. The lowest BCUT2D eigenvalue weighted by atomic mass is 10.1. The number of fused-ring (bicyclic) bond motifs is 1. The second-order valence-electron chi connectivity index (χ2n) is 4.94. The topological polar surface area (TPSA) is 26.3 Å². The molecule has 0 spiro atoms. The van der Waals surface area contributed by atoms with Crippen molar-refractivity contribution in [2.24, 2.45) is 0 Å². The summed E-state index contributed by atoms with van der Waals surface area (Å²) in [6, 6.07) is 5.79. The monoisotopic (exact) mass is 290 g/mol. The van der Waals surface area contributed by atoms with E-state index in [1.807, 2.05) is 25.1 Å². The average molecular weight is 290 g/mol. The van der Waals surface area contributed by atoms with Gasteiger partial charge in [0.1, 0.15) is 5.75 Å². The normalized spacial score (nSPS) is 15.7. The van der Waals surface area contributed by atoms with Crippen LogP contribution in [0.4, 0.5) is 0 Å². The zero-order valence-corrected chi connectivity index (χ0v) is 13.1. The second-order valence-corrected chi connectivity index (χ2v) is 6.02. The maximum atomic E-state index is 12.3. The minimum atomic E-state index is 0.155. The third kappa shape index (κ3) is 3.66. The molecule has 0 aliphatic carbocycles. The van der Waals surface area contributed by atoms with Gasteiger partial charge in [-0.1, -0.05) is 44.0 Å². The van der Waals surface area contributed by atoms with Crippen molar-refractivity contribution in [3.63, 3.8) is 0 Å². The van der Waals surface area contributed by atoms with Crippen molar-refractivity contribution in [3.05, 3.63) is 34.7 Å². The number of carbonyl (C=O) groups is 1. The summed E-state index contributed by atoms with van der Waals surface area (Å²) < 4.78 is 5.46. The van der Waals surface area contributed by atoms with E-state index in [0.29, 0.717) is 6.61 Å². The number of unbranched alkanes of at least 4 members (excludes halogenated alkanes) is 4. The maximum Gasteiger partial charge on any atom is 0.200 e. The molecule has 1 aromatic carbocycles. The Labute approximate surface area is 125 Å². The van der Waals surface area contributed by atoms with Crippen LogP contribution in [-0.2, 0) is 0 Å². The first-order chi connectivity index (χ1) is 9.76. The zero-order valence-electron chi connectivity index (χ0n) is 12.3. The summed E-state index contributed by atoms with van der Waals surface area (Å²) >= 11 is 1.59. The molecular formula is C17H22O2S. The van der Waals surface area contributed by atoms with E-state index in [1.54, 1.807) is 11.8 Å². The van der Waals surface area contributed by atoms with Gasteiger partial charge in [0.05, 0.1) is 11.5 Å². The molecule has 2 nitrogen and oxygen atoms in total. The highest BCUT2D eigenvalue weighted by Gasteiger charge is 2.25. The minimum absolute atomic E-state index is 0.155. The fraction of sp³-hybridized carbons (Fsp3) is 0.471. The van der Waals surface area contributed by atoms with Crippen LogP contribution in [0.3, 0.4) is 0 Å². The lowest BCUT2D eigenvalue weighted by Crippen LogP contribution is -1.97. The van der Waals surface area contributed by atoms with E-state index in [2.05, 4.69) is 13.0 Å². The average Bonchev–Trinajstić information content (AvgIpc) is 2.76. The molecule has 1 heterocycles. The van der Waals surface area contributed by atoms with Crippen LogP contribution in [0.2, 0.25) is 0 Å². The van der Waals surface area contributed by atoms with E-state index >= 15 is 0 Å². The number of carbonyl (C=O) groups excluding carboxylic acids is 1. The van der Waals surface area contributed by atoms with Crippen LogP contribution in [-0.4, -0.2) is 12.4 Å². The first-order valence-corrected chi connectivity index (χ1v) is 8.27. The Hall–Kier alpha value is -1.22. The van der Waals surface area contributed by atoms with Crippen molar-refractivity contribution in [1.82, 2.24) is 0 Å². The van der Waals surface area contributed by atoms with Gasteiger partial charge in [-0.15, -0.1) is 0 Å². The summed E-state index contributed by atoms with van der Waals surface area (Å²) in [5, 5.41) is 0. The van der Waals surface area contributed by atoms with E-state index in [9.17, 15) is 4.79 Å². The first-order valence-electron chi connectivity index (χ1n) is 7.45. The van der Waals surface area contributed by atoms with E-state index in [-0.39, 0.29) is 5.78 Å². The highest BCUT2D eigenvalue weighted by Crippen LogP contribution is 2.41. The molecule has 108 valence electrons. The lowest BCUT2D eigenvalue weighted by molar-refractivity contribution is 0.104. The predicted molar refractivity (Wildman–Crippen MR) is 84.6 cm³/mol. The van der Waals surface area contributed by atoms with Crippen molar-refractivity contribution in [3.8, 4) is 5.75 Å². The molecule has 20 heavy (non-hydrogen) atoms. The van der Waals surface area contributed by atoms with E-state index in [0.717, 1.165) is 27.5 Å². The van der Waals surface area contributed by atoms with Gasteiger partial charge in [-0.3, -0.25) is 4.79 Å². The molecular weight excluding hydrogens is 268 g/mol. The van der Waals surface area contributed by atoms with Gasteiger partial charge in [0.2, 0.25) is 5.78 Å². The van der Waals surface area contributed by atoms with Crippen molar-refractivity contribution >= 4 is 17.5 Å². The van der Waals surface area contributed by atoms with Crippen LogP contribution in [0, 0.1) is 0 Å². The number of benzene rings is 1. The standard InChI is InChI=1S/C17H22O2S/c1-3-5-6-7-8-9-16-17(18)14-12-13(19-4-2)10-11-15(14)20-16/h9-12H,3-8H2,1-2H3/b16-9-. The fourth-order valence-corrected chi connectivity index (χ4v) is 3.31. The van der Waals surface area contributed by atoms with Crippen molar-refractivity contribution in [1.29, 1.82) is 0 Å². The number of Topliss-reactive ketones (excluding diaryl/α,β-unsaturated/α-hetero) is 1. The zero-order chi connectivity index (χ0) is 14.4. The molecule has 0 aromatic heterocycles. The van der Waals surface area contributed by atoms with E-state index in [1.165, 1.54) is 25.7 Å². The van der Waals surface area contributed by atoms with Crippen LogP contribution in [0.15, 0.2) is 34.1 Å². The van der Waals surface area contributed by atoms with Gasteiger partial charge in [0.15, 0.2) is 0 Å². The van der Waals surface area contributed by atoms with Gasteiger partial charge in [-0.05, 0) is 38.0 Å². The number of ketones is 1. The Morgan fingerprint density at radius 1 is 1.20 bits per heavy atom. The second kappa shape index (κ2) is 7.53. The number of allylic oxidation sites excluding steroid dienone is 2. The Morgan fingerprint density at radius 3 is 2.80 bits per heavy atom. The SMILES string of the molecule is CCCCCC/C=C1\Sc2ccc(OCC)cc2C1=O. The highest BCUT2D eigenvalue weighted by atomic mass is 32.2. The molecule has 0 saturated carbocycles. The summed E-state index contributed by atoms with van der Waals surface area (Å²) in [6.07, 6.45) is 8.05. The van der Waals surface area contributed by atoms with Crippen LogP contribution in [0.5, 0.6) is 5.75 Å². The van der Waals surface area contributed by atoms with Gasteiger partial charge in [0.25, 0.3) is 0 Å². The maximum absolute atomic E-state index is 12.3. The first kappa shape index (κ1) is 15.2. The molecule has 1 aliphatic rings. The van der Waals surface area contributed by atoms with Gasteiger partial charge in [-0.2, -0.15) is 0 Å². The van der Waals surface area contributed by atoms with E-state index < -0.39 is 0 Å². The molecule has 1 aromatic rings. The van der Waals surface area contributed by atoms with Crippen molar-refractivity contribution < 1.29 is 9.53 Å². The smallest absolute Gasteiger partial charge is 0.200 e. The molecule has 0 saturated heterocycles. The summed E-state index contributed by atoms with van der Waals surface area (Å²) in [4.78, 5) is 14.3. The van der Waals surface area contributed by atoms with Gasteiger partial charge >= 0.3 is 0 Å². The lowest BCUT2D eigenvalue weighted by Gasteiger charge is -2.03. The third-order valence-corrected chi connectivity index (χ3v) is 4.49. The fourth-order valence-electron chi connectivity index (χ4n) is 2.27. The summed E-state index contributed by atoms with van der Waals surface area (Å²) in [6.45, 7) is 4.78. The van der Waals surface area contributed by atoms with Gasteiger partial charge in [-0.25, -0.2) is 0 Å². The Kier molecular flexibility index (Phi) is 5.72. The molecule has 0 unspecified atom stereocenters. The molecule has 2 rings (SSSR count). The predicted octanol–water partition coefficient (Wildman–Crippen LogP) is 5.23. The number of thioether (sulfide) groups is 1. The minimum Gasteiger partial charge on any atom is -0.494 e. The molecule has 0 bridgehead atoms. The summed E-state index contributed by atoms with van der Waals surface area (Å²) in [7, 11) is 0. The van der Waals surface area contributed by atoms with Gasteiger partial charge in [0, 0.05) is 10.5 Å². The summed E-state index contributed by atoms with van der Waals surface area (Å²) in [5.74, 6) is 0.937. The van der Waals surface area contributed by atoms with Crippen LogP contribution in [0.25, 0.3) is 0 Å². The number of hydrogen-bond acceptors (Lipinski definition) is 3. The molecule has 0 amide bonds. The van der Waals surface area contributed by atoms with E-state index in [4.69, 9.17) is 4.74 Å². The molecule has 1 aliphatic heterocycles. The van der Waals surface area contributed by atoms with Crippen LogP contribution in [0.1, 0.15) is 56.3 Å². The molecule has 0 N–H and O–H groups in total. The third-order valence-electron chi connectivity index (χ3n) is 3.34. The Morgan fingerprint density at radius 2 is 2.05 bits per heavy atom.